The van der Waals surface area contributed by atoms with Crippen LogP contribution in [0.2, 0.25) is 0 Å². The molecule has 0 saturated heterocycles. The largest absolute Gasteiger partial charge is 0.462 e. The second kappa shape index (κ2) is 49.7. The minimum absolute atomic E-state index is 0.102. The summed E-state index contributed by atoms with van der Waals surface area (Å²) in [7, 11) is 0. The number of hydrogen-bond acceptors (Lipinski definition) is 6. The molecule has 0 aromatic rings. The molecule has 0 spiro atoms. The fourth-order valence-corrected chi connectivity index (χ4v) is 5.55. The van der Waals surface area contributed by atoms with Gasteiger partial charge in [0, 0.05) is 12.8 Å². The van der Waals surface area contributed by atoms with E-state index in [1.54, 1.807) is 6.08 Å². The molecule has 0 radical (unpaired) electrons. The van der Waals surface area contributed by atoms with Crippen LogP contribution in [0.15, 0.2) is 158 Å². The highest BCUT2D eigenvalue weighted by atomic mass is 16.6. The molecule has 0 N–H and O–H groups in total. The molecule has 0 bridgehead atoms. The molecule has 0 aromatic carbocycles. The lowest BCUT2D eigenvalue weighted by Crippen LogP contribution is -2.30. The Morgan fingerprint density at radius 2 is 0.619 bits per heavy atom. The molecule has 348 valence electrons. The third-order valence-electron chi connectivity index (χ3n) is 9.04. The van der Waals surface area contributed by atoms with Gasteiger partial charge in [-0.1, -0.05) is 179 Å². The summed E-state index contributed by atoms with van der Waals surface area (Å²) in [6, 6.07) is 0. The van der Waals surface area contributed by atoms with Crippen molar-refractivity contribution in [3.8, 4) is 0 Å². The van der Waals surface area contributed by atoms with Crippen LogP contribution < -0.4 is 0 Å². The van der Waals surface area contributed by atoms with Gasteiger partial charge >= 0.3 is 17.9 Å². The summed E-state index contributed by atoms with van der Waals surface area (Å²) in [5.41, 5.74) is 0. The van der Waals surface area contributed by atoms with Gasteiger partial charge in [-0.2, -0.15) is 0 Å². The van der Waals surface area contributed by atoms with Crippen LogP contribution in [0.3, 0.4) is 0 Å². The normalized spacial score (nSPS) is 13.5. The van der Waals surface area contributed by atoms with Crippen molar-refractivity contribution in [2.75, 3.05) is 13.2 Å². The number of carbonyl (C=O) groups excluding carboxylic acids is 3. The lowest BCUT2D eigenvalue weighted by Gasteiger charge is -2.18. The Kier molecular flexibility index (Phi) is 45.8. The Morgan fingerprint density at radius 3 is 0.968 bits per heavy atom. The van der Waals surface area contributed by atoms with Crippen molar-refractivity contribution in [2.24, 2.45) is 0 Å². The molecule has 0 aliphatic carbocycles. The van der Waals surface area contributed by atoms with Crippen molar-refractivity contribution in [1.82, 2.24) is 0 Å². The molecule has 0 aliphatic heterocycles. The Balaban J connectivity index is 4.70. The SMILES string of the molecule is CC/C=C\C/C=C\C/C=C\C/C=C\C/C=C\CC(=O)OCC(COC(=O)CCCC/C=C\C/C=C\C/C=C\C/C=C\CC)OC(=O)CCCC/C=C\C/C=C\C/C=C\C/C=C\CC. The molecule has 0 saturated carbocycles. The number of esters is 3. The predicted molar refractivity (Wildman–Crippen MR) is 269 cm³/mol. The predicted octanol–water partition coefficient (Wildman–Crippen LogP) is 15.9. The Hall–Kier alpha value is -4.97. The average molecular weight is 865 g/mol. The number of unbranched alkanes of at least 4 members (excludes halogenated alkanes) is 4. The maximum Gasteiger partial charge on any atom is 0.309 e. The molecule has 0 aliphatic rings. The number of allylic oxidation sites excluding steroid dienone is 25. The lowest BCUT2D eigenvalue weighted by molar-refractivity contribution is -0.166. The van der Waals surface area contributed by atoms with Gasteiger partial charge in [-0.25, -0.2) is 0 Å². The van der Waals surface area contributed by atoms with Crippen molar-refractivity contribution in [3.63, 3.8) is 0 Å². The number of hydrogen-bond donors (Lipinski definition) is 0. The molecule has 0 heterocycles. The molecular formula is C57H84O6. The van der Waals surface area contributed by atoms with Gasteiger partial charge in [-0.05, 0) is 122 Å². The zero-order valence-electron chi connectivity index (χ0n) is 39.5. The molecule has 1 unspecified atom stereocenters. The first kappa shape index (κ1) is 58.0. The quantitative estimate of drug-likeness (QED) is 0.0264. The van der Waals surface area contributed by atoms with E-state index in [1.807, 2.05) is 6.08 Å². The van der Waals surface area contributed by atoms with Gasteiger partial charge in [-0.3, -0.25) is 14.4 Å². The maximum atomic E-state index is 12.8. The molecular weight excluding hydrogens is 781 g/mol. The average Bonchev–Trinajstić information content (AvgIpc) is 3.28. The molecule has 63 heavy (non-hydrogen) atoms. The van der Waals surface area contributed by atoms with Gasteiger partial charge in [0.1, 0.15) is 13.2 Å². The minimum Gasteiger partial charge on any atom is -0.462 e. The summed E-state index contributed by atoms with van der Waals surface area (Å²) in [6.45, 7) is 6.09. The molecule has 0 fully saturated rings. The van der Waals surface area contributed by atoms with Gasteiger partial charge in [0.2, 0.25) is 0 Å². The van der Waals surface area contributed by atoms with Crippen molar-refractivity contribution in [3.05, 3.63) is 158 Å². The Morgan fingerprint density at radius 1 is 0.333 bits per heavy atom. The van der Waals surface area contributed by atoms with Gasteiger partial charge in [0.15, 0.2) is 6.10 Å². The highest BCUT2D eigenvalue weighted by Crippen LogP contribution is 2.09. The van der Waals surface area contributed by atoms with Crippen molar-refractivity contribution >= 4 is 17.9 Å². The fourth-order valence-electron chi connectivity index (χ4n) is 5.55. The third kappa shape index (κ3) is 47.9. The second-order valence-electron chi connectivity index (χ2n) is 14.9. The number of carbonyl (C=O) groups is 3. The first-order valence-electron chi connectivity index (χ1n) is 24.0. The van der Waals surface area contributed by atoms with Crippen LogP contribution in [0.5, 0.6) is 0 Å². The minimum atomic E-state index is -0.863. The zero-order valence-corrected chi connectivity index (χ0v) is 39.5. The second-order valence-corrected chi connectivity index (χ2v) is 14.9. The number of rotatable bonds is 40. The van der Waals surface area contributed by atoms with E-state index in [0.29, 0.717) is 19.3 Å². The Bertz CT molecular complexity index is 1510. The summed E-state index contributed by atoms with van der Waals surface area (Å²) in [5.74, 6) is -1.19. The third-order valence-corrected chi connectivity index (χ3v) is 9.04. The van der Waals surface area contributed by atoms with Crippen LogP contribution in [-0.4, -0.2) is 37.2 Å². The van der Waals surface area contributed by atoms with Crippen molar-refractivity contribution in [2.45, 2.75) is 168 Å². The molecule has 0 amide bonds. The molecule has 1 atom stereocenters. The van der Waals surface area contributed by atoms with E-state index in [1.165, 1.54) is 0 Å². The first-order valence-corrected chi connectivity index (χ1v) is 24.0. The van der Waals surface area contributed by atoms with E-state index in [-0.39, 0.29) is 38.4 Å². The van der Waals surface area contributed by atoms with E-state index in [2.05, 4.69) is 167 Å². The number of ether oxygens (including phenoxy) is 3. The van der Waals surface area contributed by atoms with Crippen LogP contribution in [0, 0.1) is 0 Å². The van der Waals surface area contributed by atoms with Gasteiger partial charge in [0.25, 0.3) is 0 Å². The maximum absolute atomic E-state index is 12.8. The van der Waals surface area contributed by atoms with E-state index in [9.17, 15) is 14.4 Å². The lowest BCUT2D eigenvalue weighted by atomic mass is 10.1. The van der Waals surface area contributed by atoms with E-state index < -0.39 is 18.0 Å². The van der Waals surface area contributed by atoms with E-state index >= 15 is 0 Å². The van der Waals surface area contributed by atoms with Crippen LogP contribution in [0.25, 0.3) is 0 Å². The fraction of sp³-hybridized carbons (Fsp3) is 0.491. The van der Waals surface area contributed by atoms with Gasteiger partial charge in [-0.15, -0.1) is 0 Å². The van der Waals surface area contributed by atoms with Crippen LogP contribution in [0.4, 0.5) is 0 Å². The van der Waals surface area contributed by atoms with Gasteiger partial charge < -0.3 is 14.2 Å². The highest BCUT2D eigenvalue weighted by molar-refractivity contribution is 5.72. The molecule has 0 aromatic heterocycles. The summed E-state index contributed by atoms with van der Waals surface area (Å²) >= 11 is 0. The van der Waals surface area contributed by atoms with Crippen molar-refractivity contribution in [1.29, 1.82) is 0 Å². The van der Waals surface area contributed by atoms with Crippen LogP contribution in [0.1, 0.15) is 162 Å². The molecule has 0 rings (SSSR count). The highest BCUT2D eigenvalue weighted by Gasteiger charge is 2.19. The molecule has 6 nitrogen and oxygen atoms in total. The Labute approximate surface area is 384 Å². The van der Waals surface area contributed by atoms with E-state index in [0.717, 1.165) is 103 Å². The standard InChI is InChI=1S/C57H84O6/c1-4-7-10-13-16-19-22-25-28-31-34-37-40-43-46-49-55(58)61-52-54(63-57(60)51-48-45-42-39-36-33-30-27-24-21-18-15-12-9-6-3)53-62-56(59)50-47-44-41-38-35-32-29-26-23-20-17-14-11-8-5-2/h7-12,16-21,25-30,34-39,43,46,54H,4-6,13-15,22-24,31-33,40-42,44-45,47-53H2,1-3H3/b10-7-,11-8-,12-9-,19-16-,20-17-,21-18-,28-25-,29-26-,30-27-,37-34-,38-35-,39-36-,46-43-. The smallest absolute Gasteiger partial charge is 0.309 e. The monoisotopic (exact) mass is 865 g/mol. The summed E-state index contributed by atoms with van der Waals surface area (Å²) in [6.07, 6.45) is 72.5. The van der Waals surface area contributed by atoms with Crippen LogP contribution in [-0.2, 0) is 28.6 Å². The zero-order chi connectivity index (χ0) is 45.8. The van der Waals surface area contributed by atoms with Gasteiger partial charge in [0.05, 0.1) is 6.42 Å². The molecule has 6 heteroatoms. The van der Waals surface area contributed by atoms with E-state index in [4.69, 9.17) is 14.2 Å². The van der Waals surface area contributed by atoms with Crippen molar-refractivity contribution < 1.29 is 28.6 Å². The topological polar surface area (TPSA) is 78.9 Å². The first-order chi connectivity index (χ1) is 31.0. The van der Waals surface area contributed by atoms with Crippen LogP contribution >= 0.6 is 0 Å². The summed E-state index contributed by atoms with van der Waals surface area (Å²) in [4.78, 5) is 37.8. The summed E-state index contributed by atoms with van der Waals surface area (Å²) in [5, 5.41) is 0. The summed E-state index contributed by atoms with van der Waals surface area (Å²) < 4.78 is 16.6.